The minimum atomic E-state index is -0.833. The molecule has 0 saturated carbocycles. The van der Waals surface area contributed by atoms with Crippen LogP contribution in [0.1, 0.15) is 46.5 Å². The second kappa shape index (κ2) is 22.7. The number of hydrogen-bond donors (Lipinski definition) is 1. The van der Waals surface area contributed by atoms with Crippen molar-refractivity contribution in [2.45, 2.75) is 46.5 Å². The predicted octanol–water partition coefficient (Wildman–Crippen LogP) is 4.10. The van der Waals surface area contributed by atoms with E-state index in [1.807, 2.05) is 0 Å². The van der Waals surface area contributed by atoms with E-state index in [1.54, 1.807) is 0 Å². The third-order valence-electron chi connectivity index (χ3n) is 0.957. The summed E-state index contributed by atoms with van der Waals surface area (Å²) >= 11 is 9.53. The molecule has 0 aromatic rings. The molecule has 1 N–H and O–H groups in total. The molecule has 0 aromatic heterocycles. The molecule has 0 aliphatic rings. The van der Waals surface area contributed by atoms with E-state index in [9.17, 15) is 0 Å². The highest BCUT2D eigenvalue weighted by Gasteiger charge is 1.75. The standard InChI is InChI=1S/C6H14.C2H4O2.CH2Cl2/c1-3-5-6-4-2;1-2(3)4;2-1-3/h3-6H2,1-2H3;1H3,(H,3,4);1H2. The van der Waals surface area contributed by atoms with Gasteiger partial charge in [-0.1, -0.05) is 39.5 Å². The lowest BCUT2D eigenvalue weighted by Crippen LogP contribution is -1.78. The number of hydrogen-bond acceptors (Lipinski definition) is 1. The van der Waals surface area contributed by atoms with Crippen LogP contribution in [0, 0.1) is 0 Å². The van der Waals surface area contributed by atoms with E-state index in [4.69, 9.17) is 33.1 Å². The van der Waals surface area contributed by atoms with Crippen LogP contribution in [0.4, 0.5) is 0 Å². The van der Waals surface area contributed by atoms with Gasteiger partial charge in [-0.2, -0.15) is 0 Å². The van der Waals surface area contributed by atoms with Crippen molar-refractivity contribution >= 4 is 29.2 Å². The van der Waals surface area contributed by atoms with Crippen molar-refractivity contribution < 1.29 is 9.90 Å². The first-order valence-electron chi connectivity index (χ1n) is 4.38. The van der Waals surface area contributed by atoms with Crippen molar-refractivity contribution in [2.75, 3.05) is 5.34 Å². The quantitative estimate of drug-likeness (QED) is 0.586. The minimum absolute atomic E-state index is 0.194. The maximum Gasteiger partial charge on any atom is 0.300 e. The Labute approximate surface area is 91.2 Å². The summed E-state index contributed by atoms with van der Waals surface area (Å²) in [4.78, 5) is 9.00. The van der Waals surface area contributed by atoms with Crippen molar-refractivity contribution in [1.29, 1.82) is 0 Å². The van der Waals surface area contributed by atoms with Crippen LogP contribution in [0.15, 0.2) is 0 Å². The normalized spacial score (nSPS) is 7.46. The van der Waals surface area contributed by atoms with Crippen LogP contribution in [0.3, 0.4) is 0 Å². The Morgan fingerprint density at radius 3 is 1.38 bits per heavy atom. The van der Waals surface area contributed by atoms with Crippen LogP contribution in [0.2, 0.25) is 0 Å². The molecule has 13 heavy (non-hydrogen) atoms. The Bertz CT molecular complexity index is 79.7. The molecule has 0 rings (SSSR count). The van der Waals surface area contributed by atoms with E-state index in [1.165, 1.54) is 25.7 Å². The third-order valence-corrected chi connectivity index (χ3v) is 0.957. The largest absolute Gasteiger partial charge is 0.481 e. The first kappa shape index (κ1) is 18.8. The summed E-state index contributed by atoms with van der Waals surface area (Å²) in [7, 11) is 0. The highest BCUT2D eigenvalue weighted by Crippen LogP contribution is 1.95. The zero-order chi connectivity index (χ0) is 11.1. The fourth-order valence-electron chi connectivity index (χ4n) is 0.500. The molecular formula is C9H20Cl2O2. The Hall–Kier alpha value is 0.0500. The average molecular weight is 231 g/mol. The second-order valence-electron chi connectivity index (χ2n) is 2.33. The Morgan fingerprint density at radius 1 is 1.15 bits per heavy atom. The Morgan fingerprint density at radius 2 is 1.31 bits per heavy atom. The van der Waals surface area contributed by atoms with Crippen molar-refractivity contribution in [3.8, 4) is 0 Å². The molecule has 2 nitrogen and oxygen atoms in total. The zero-order valence-corrected chi connectivity index (χ0v) is 10.2. The van der Waals surface area contributed by atoms with E-state index in [2.05, 4.69) is 13.8 Å². The number of halogens is 2. The summed E-state index contributed by atoms with van der Waals surface area (Å²) in [5.41, 5.74) is 0. The molecule has 0 unspecified atom stereocenters. The highest BCUT2D eigenvalue weighted by molar-refractivity contribution is 6.40. The number of carbonyl (C=O) groups is 1. The summed E-state index contributed by atoms with van der Waals surface area (Å²) in [5.74, 6) is -0.833. The van der Waals surface area contributed by atoms with Crippen LogP contribution < -0.4 is 0 Å². The fourth-order valence-corrected chi connectivity index (χ4v) is 0.500. The van der Waals surface area contributed by atoms with Gasteiger partial charge >= 0.3 is 0 Å². The van der Waals surface area contributed by atoms with E-state index in [-0.39, 0.29) is 5.34 Å². The fraction of sp³-hybridized carbons (Fsp3) is 0.889. The van der Waals surface area contributed by atoms with Gasteiger partial charge in [-0.3, -0.25) is 4.79 Å². The molecule has 0 amide bonds. The number of unbranched alkanes of at least 4 members (excludes halogenated alkanes) is 3. The second-order valence-corrected chi connectivity index (χ2v) is 3.14. The maximum atomic E-state index is 9.00. The summed E-state index contributed by atoms with van der Waals surface area (Å²) < 4.78 is 0. The SMILES string of the molecule is CC(=O)O.CCCCCC.ClCCl. The molecule has 0 spiro atoms. The number of carboxylic acids is 1. The molecule has 0 radical (unpaired) electrons. The first-order chi connectivity index (χ1) is 6.06. The average Bonchev–Trinajstić information content (AvgIpc) is 2.01. The molecule has 0 heterocycles. The highest BCUT2D eigenvalue weighted by atomic mass is 35.5. The molecule has 0 aromatic carbocycles. The van der Waals surface area contributed by atoms with Gasteiger partial charge in [0.05, 0.1) is 5.34 Å². The third kappa shape index (κ3) is 131. The van der Waals surface area contributed by atoms with Gasteiger partial charge in [0.1, 0.15) is 0 Å². The van der Waals surface area contributed by atoms with Gasteiger partial charge in [0, 0.05) is 6.92 Å². The molecular weight excluding hydrogens is 211 g/mol. The monoisotopic (exact) mass is 230 g/mol. The van der Waals surface area contributed by atoms with E-state index in [0.717, 1.165) is 6.92 Å². The van der Waals surface area contributed by atoms with Crippen molar-refractivity contribution in [3.05, 3.63) is 0 Å². The lowest BCUT2D eigenvalue weighted by Gasteiger charge is -1.86. The zero-order valence-electron chi connectivity index (χ0n) is 8.65. The van der Waals surface area contributed by atoms with Gasteiger partial charge in [0.15, 0.2) is 0 Å². The van der Waals surface area contributed by atoms with E-state index in [0.29, 0.717) is 0 Å². The lowest BCUT2D eigenvalue weighted by atomic mass is 10.2. The van der Waals surface area contributed by atoms with Gasteiger partial charge in [-0.05, 0) is 0 Å². The van der Waals surface area contributed by atoms with Gasteiger partial charge in [-0.15, -0.1) is 23.2 Å². The van der Waals surface area contributed by atoms with E-state index < -0.39 is 5.97 Å². The summed E-state index contributed by atoms with van der Waals surface area (Å²) in [6.45, 7) is 5.55. The lowest BCUT2D eigenvalue weighted by molar-refractivity contribution is -0.134. The van der Waals surface area contributed by atoms with Crippen LogP contribution in [-0.4, -0.2) is 16.4 Å². The van der Waals surface area contributed by atoms with Gasteiger partial charge in [0.2, 0.25) is 0 Å². The molecule has 0 aliphatic heterocycles. The van der Waals surface area contributed by atoms with Crippen LogP contribution in [0.5, 0.6) is 0 Å². The number of alkyl halides is 2. The summed E-state index contributed by atoms with van der Waals surface area (Å²) in [5, 5.41) is 7.61. The van der Waals surface area contributed by atoms with Gasteiger partial charge < -0.3 is 5.11 Å². The number of rotatable bonds is 3. The molecule has 0 bridgehead atoms. The number of carboxylic acid groups (broad SMARTS) is 1. The van der Waals surface area contributed by atoms with E-state index >= 15 is 0 Å². The Kier molecular flexibility index (Phi) is 32.8. The molecule has 82 valence electrons. The molecule has 0 fully saturated rings. The summed E-state index contributed by atoms with van der Waals surface area (Å²) in [6, 6.07) is 0. The topological polar surface area (TPSA) is 37.3 Å². The van der Waals surface area contributed by atoms with Crippen molar-refractivity contribution in [1.82, 2.24) is 0 Å². The molecule has 4 heteroatoms. The van der Waals surface area contributed by atoms with Crippen LogP contribution >= 0.6 is 23.2 Å². The van der Waals surface area contributed by atoms with Crippen LogP contribution in [-0.2, 0) is 4.79 Å². The van der Waals surface area contributed by atoms with Gasteiger partial charge in [-0.25, -0.2) is 0 Å². The first-order valence-corrected chi connectivity index (χ1v) is 5.45. The van der Waals surface area contributed by atoms with Crippen molar-refractivity contribution in [3.63, 3.8) is 0 Å². The van der Waals surface area contributed by atoms with Crippen LogP contribution in [0.25, 0.3) is 0 Å². The molecule has 0 aliphatic carbocycles. The predicted molar refractivity (Wildman–Crippen MR) is 59.7 cm³/mol. The van der Waals surface area contributed by atoms with Gasteiger partial charge in [0.25, 0.3) is 5.97 Å². The Balaban J connectivity index is -0.000000125. The maximum absolute atomic E-state index is 9.00. The number of aliphatic carboxylic acids is 1. The van der Waals surface area contributed by atoms with Crippen molar-refractivity contribution in [2.24, 2.45) is 0 Å². The smallest absolute Gasteiger partial charge is 0.300 e. The summed E-state index contributed by atoms with van der Waals surface area (Å²) in [6.07, 6.45) is 5.54. The molecule has 0 atom stereocenters. The molecule has 0 saturated heterocycles. The minimum Gasteiger partial charge on any atom is -0.481 e.